The monoisotopic (exact) mass is 320 g/mol. The summed E-state index contributed by atoms with van der Waals surface area (Å²) in [5.41, 5.74) is -0.291. The van der Waals surface area contributed by atoms with Gasteiger partial charge in [-0.05, 0) is 33.1 Å². The number of aryl methyl sites for hydroxylation is 1. The van der Waals surface area contributed by atoms with E-state index in [1.807, 2.05) is 0 Å². The van der Waals surface area contributed by atoms with Gasteiger partial charge < -0.3 is 13.9 Å². The number of esters is 2. The maximum absolute atomic E-state index is 12.4. The van der Waals surface area contributed by atoms with Crippen LogP contribution in [0.1, 0.15) is 38.4 Å². The van der Waals surface area contributed by atoms with E-state index in [2.05, 4.69) is 6.58 Å². The lowest BCUT2D eigenvalue weighted by atomic mass is 9.86. The van der Waals surface area contributed by atoms with Crippen molar-refractivity contribution in [3.05, 3.63) is 40.5 Å². The molecule has 1 heterocycles. The van der Waals surface area contributed by atoms with Crippen molar-refractivity contribution in [1.29, 1.82) is 0 Å². The molecule has 0 aromatic carbocycles. The lowest BCUT2D eigenvalue weighted by molar-refractivity contribution is -0.156. The third-order valence-corrected chi connectivity index (χ3v) is 3.70. The summed E-state index contributed by atoms with van der Waals surface area (Å²) < 4.78 is 15.4. The number of ether oxygens (including phenoxy) is 2. The van der Waals surface area contributed by atoms with Crippen LogP contribution in [0.15, 0.2) is 33.5 Å². The second kappa shape index (κ2) is 7.26. The second-order valence-corrected chi connectivity index (χ2v) is 5.76. The largest absolute Gasteiger partial charge is 0.458 e. The van der Waals surface area contributed by atoms with Gasteiger partial charge in [-0.25, -0.2) is 9.59 Å². The van der Waals surface area contributed by atoms with Crippen molar-refractivity contribution in [3.8, 4) is 5.75 Å². The summed E-state index contributed by atoms with van der Waals surface area (Å²) in [5.74, 6) is -1.06. The van der Waals surface area contributed by atoms with Crippen LogP contribution in [0.2, 0.25) is 0 Å². The standard InChI is InChI=1S/C17H20O6/c1-10(2)16(19)23-14-7-5-4-6-13(14)17(20)22-12-8-11(3)21-15(18)9-12/h8-9,13-14H,1,4-7H2,2-3H3. The van der Waals surface area contributed by atoms with Gasteiger partial charge in [0.15, 0.2) is 0 Å². The average Bonchev–Trinajstić information content (AvgIpc) is 2.46. The van der Waals surface area contributed by atoms with Crippen LogP contribution in [0.4, 0.5) is 0 Å². The molecule has 2 rings (SSSR count). The van der Waals surface area contributed by atoms with Gasteiger partial charge in [-0.1, -0.05) is 13.0 Å². The van der Waals surface area contributed by atoms with Crippen LogP contribution in [0.3, 0.4) is 0 Å². The summed E-state index contributed by atoms with van der Waals surface area (Å²) in [5, 5.41) is 0. The minimum absolute atomic E-state index is 0.138. The van der Waals surface area contributed by atoms with Gasteiger partial charge in [-0.3, -0.25) is 4.79 Å². The van der Waals surface area contributed by atoms with Crippen molar-refractivity contribution >= 4 is 11.9 Å². The zero-order chi connectivity index (χ0) is 17.0. The minimum atomic E-state index is -0.582. The maximum Gasteiger partial charge on any atom is 0.339 e. The van der Waals surface area contributed by atoms with Crippen LogP contribution in [0, 0.1) is 12.8 Å². The Bertz CT molecular complexity index is 672. The zero-order valence-electron chi connectivity index (χ0n) is 13.3. The predicted molar refractivity (Wildman–Crippen MR) is 82.0 cm³/mol. The van der Waals surface area contributed by atoms with Gasteiger partial charge in [0.25, 0.3) is 0 Å². The van der Waals surface area contributed by atoms with E-state index in [4.69, 9.17) is 13.9 Å². The Morgan fingerprint density at radius 3 is 2.61 bits per heavy atom. The lowest BCUT2D eigenvalue weighted by Crippen LogP contribution is -2.37. The first-order chi connectivity index (χ1) is 10.9. The fourth-order valence-electron chi connectivity index (χ4n) is 2.57. The van der Waals surface area contributed by atoms with Crippen LogP contribution in [-0.4, -0.2) is 18.0 Å². The molecule has 1 aromatic rings. The van der Waals surface area contributed by atoms with Crippen molar-refractivity contribution in [2.45, 2.75) is 45.6 Å². The van der Waals surface area contributed by atoms with E-state index in [0.29, 0.717) is 24.2 Å². The molecule has 0 spiro atoms. The molecule has 1 aromatic heterocycles. The summed E-state index contributed by atoms with van der Waals surface area (Å²) >= 11 is 0. The van der Waals surface area contributed by atoms with Crippen LogP contribution in [-0.2, 0) is 14.3 Å². The molecule has 0 radical (unpaired) electrons. The first-order valence-corrected chi connectivity index (χ1v) is 7.57. The molecule has 1 saturated carbocycles. The number of hydrogen-bond donors (Lipinski definition) is 0. The summed E-state index contributed by atoms with van der Waals surface area (Å²) in [7, 11) is 0. The molecule has 2 atom stereocenters. The molecule has 2 unspecified atom stereocenters. The fraction of sp³-hybridized carbons (Fsp3) is 0.471. The number of hydrogen-bond acceptors (Lipinski definition) is 6. The molecule has 6 heteroatoms. The third kappa shape index (κ3) is 4.55. The molecule has 6 nitrogen and oxygen atoms in total. The summed E-state index contributed by atoms with van der Waals surface area (Å²) in [6, 6.07) is 2.58. The molecule has 1 fully saturated rings. The summed E-state index contributed by atoms with van der Waals surface area (Å²) in [6.07, 6.45) is 2.40. The third-order valence-electron chi connectivity index (χ3n) is 3.70. The number of carbonyl (C=O) groups is 2. The van der Waals surface area contributed by atoms with Gasteiger partial charge in [0.2, 0.25) is 0 Å². The van der Waals surface area contributed by atoms with Crippen molar-refractivity contribution in [2.24, 2.45) is 5.92 Å². The van der Waals surface area contributed by atoms with Gasteiger partial charge in [0.1, 0.15) is 17.6 Å². The fourth-order valence-corrected chi connectivity index (χ4v) is 2.57. The quantitative estimate of drug-likeness (QED) is 0.626. The van der Waals surface area contributed by atoms with Gasteiger partial charge in [-0.2, -0.15) is 0 Å². The van der Waals surface area contributed by atoms with E-state index in [0.717, 1.165) is 18.9 Å². The van der Waals surface area contributed by atoms with Gasteiger partial charge >= 0.3 is 17.6 Å². The van der Waals surface area contributed by atoms with Crippen molar-refractivity contribution in [3.63, 3.8) is 0 Å². The first-order valence-electron chi connectivity index (χ1n) is 7.57. The SMILES string of the molecule is C=C(C)C(=O)OC1CCCCC1C(=O)Oc1cc(C)oc(=O)c1. The highest BCUT2D eigenvalue weighted by molar-refractivity contribution is 5.87. The Kier molecular flexibility index (Phi) is 5.36. The first kappa shape index (κ1) is 17.0. The Balaban J connectivity index is 2.10. The lowest BCUT2D eigenvalue weighted by Gasteiger charge is -2.29. The minimum Gasteiger partial charge on any atom is -0.458 e. The number of rotatable bonds is 4. The normalized spacial score (nSPS) is 20.6. The summed E-state index contributed by atoms with van der Waals surface area (Å²) in [6.45, 7) is 6.70. The molecule has 0 bridgehead atoms. The average molecular weight is 320 g/mol. The predicted octanol–water partition coefficient (Wildman–Crippen LogP) is 2.53. The molecule has 0 saturated heterocycles. The molecule has 1 aliphatic carbocycles. The molecule has 23 heavy (non-hydrogen) atoms. The Labute approximate surface area is 134 Å². The molecule has 0 N–H and O–H groups in total. The van der Waals surface area contributed by atoms with Crippen LogP contribution in [0.25, 0.3) is 0 Å². The highest BCUT2D eigenvalue weighted by Gasteiger charge is 2.35. The van der Waals surface area contributed by atoms with Crippen LogP contribution >= 0.6 is 0 Å². The van der Waals surface area contributed by atoms with E-state index in [1.54, 1.807) is 13.8 Å². The van der Waals surface area contributed by atoms with Crippen LogP contribution < -0.4 is 10.4 Å². The van der Waals surface area contributed by atoms with E-state index >= 15 is 0 Å². The zero-order valence-corrected chi connectivity index (χ0v) is 13.3. The van der Waals surface area contributed by atoms with E-state index in [-0.39, 0.29) is 5.75 Å². The topological polar surface area (TPSA) is 82.8 Å². The van der Waals surface area contributed by atoms with Gasteiger partial charge in [0.05, 0.1) is 12.0 Å². The molecule has 0 amide bonds. The van der Waals surface area contributed by atoms with E-state index in [1.165, 1.54) is 6.07 Å². The number of carbonyl (C=O) groups excluding carboxylic acids is 2. The van der Waals surface area contributed by atoms with Gasteiger partial charge in [0, 0.05) is 11.6 Å². The Morgan fingerprint density at radius 1 is 1.26 bits per heavy atom. The smallest absolute Gasteiger partial charge is 0.339 e. The summed E-state index contributed by atoms with van der Waals surface area (Å²) in [4.78, 5) is 35.4. The molecule has 1 aliphatic rings. The van der Waals surface area contributed by atoms with Crippen molar-refractivity contribution in [2.75, 3.05) is 0 Å². The van der Waals surface area contributed by atoms with Crippen molar-refractivity contribution in [1.82, 2.24) is 0 Å². The molecular formula is C17H20O6. The van der Waals surface area contributed by atoms with Crippen LogP contribution in [0.5, 0.6) is 5.75 Å². The Hall–Kier alpha value is -2.37. The molecular weight excluding hydrogens is 300 g/mol. The molecule has 124 valence electrons. The van der Waals surface area contributed by atoms with Crippen molar-refractivity contribution < 1.29 is 23.5 Å². The second-order valence-electron chi connectivity index (χ2n) is 5.76. The highest BCUT2D eigenvalue weighted by atomic mass is 16.6. The van der Waals surface area contributed by atoms with Gasteiger partial charge in [-0.15, -0.1) is 0 Å². The maximum atomic E-state index is 12.4. The van der Waals surface area contributed by atoms with E-state index < -0.39 is 29.6 Å². The Morgan fingerprint density at radius 2 is 1.96 bits per heavy atom. The van der Waals surface area contributed by atoms with E-state index in [9.17, 15) is 14.4 Å². The highest BCUT2D eigenvalue weighted by Crippen LogP contribution is 2.29. The molecule has 0 aliphatic heterocycles.